The van der Waals surface area contributed by atoms with Crippen molar-refractivity contribution in [1.29, 1.82) is 0 Å². The Morgan fingerprint density at radius 1 is 1.50 bits per heavy atom. The van der Waals surface area contributed by atoms with Crippen LogP contribution in [0.5, 0.6) is 0 Å². The number of carbonyl (C=O) groups is 2. The number of hydrogen-bond donors (Lipinski definition) is 2. The summed E-state index contributed by atoms with van der Waals surface area (Å²) in [7, 11) is 1.28. The maximum absolute atomic E-state index is 12.1. The third-order valence-corrected chi connectivity index (χ3v) is 3.38. The lowest BCUT2D eigenvalue weighted by Crippen LogP contribution is -2.42. The molecule has 0 aromatic rings. The van der Waals surface area contributed by atoms with Crippen LogP contribution in [-0.4, -0.2) is 36.7 Å². The Kier molecular flexibility index (Phi) is 5.34. The Balaban J connectivity index is 2.58. The van der Waals surface area contributed by atoms with Crippen LogP contribution >= 0.6 is 0 Å². The van der Waals surface area contributed by atoms with Crippen molar-refractivity contribution in [1.82, 2.24) is 5.32 Å². The normalized spacial score (nSPS) is 29.8. The lowest BCUT2D eigenvalue weighted by molar-refractivity contribution is -0.142. The van der Waals surface area contributed by atoms with Crippen LogP contribution in [0, 0.1) is 5.41 Å². The van der Waals surface area contributed by atoms with Crippen molar-refractivity contribution in [2.45, 2.75) is 38.7 Å². The molecule has 5 nitrogen and oxygen atoms in total. The molecule has 0 saturated carbocycles. The average Bonchev–Trinajstić information content (AvgIpc) is 2.36. The summed E-state index contributed by atoms with van der Waals surface area (Å²) in [6.45, 7) is 1.76. The minimum absolute atomic E-state index is 0.108. The van der Waals surface area contributed by atoms with Crippen molar-refractivity contribution < 1.29 is 19.4 Å². The summed E-state index contributed by atoms with van der Waals surface area (Å²) in [5.74, 6) is -0.617. The number of methoxy groups -OCH3 is 1. The number of allylic oxidation sites excluding steroid dienone is 1. The highest BCUT2D eigenvalue weighted by molar-refractivity contribution is 5.85. The molecule has 1 aliphatic rings. The quantitative estimate of drug-likeness (QED) is 0.577. The molecule has 0 saturated heterocycles. The molecular weight excluding hydrogens is 234 g/mol. The molecule has 1 amide bonds. The fraction of sp³-hybridized carbons (Fsp3) is 0.692. The number of amides is 1. The number of esters is 1. The van der Waals surface area contributed by atoms with Gasteiger partial charge in [0.05, 0.1) is 13.2 Å². The topological polar surface area (TPSA) is 75.6 Å². The van der Waals surface area contributed by atoms with E-state index in [0.717, 1.165) is 6.42 Å². The summed E-state index contributed by atoms with van der Waals surface area (Å²) in [5.41, 5.74) is -0.542. The van der Waals surface area contributed by atoms with E-state index in [-0.39, 0.29) is 12.5 Å². The highest BCUT2D eigenvalue weighted by Crippen LogP contribution is 2.32. The van der Waals surface area contributed by atoms with Gasteiger partial charge < -0.3 is 15.2 Å². The van der Waals surface area contributed by atoms with Gasteiger partial charge in [0, 0.05) is 5.41 Å². The van der Waals surface area contributed by atoms with E-state index in [2.05, 4.69) is 10.1 Å². The van der Waals surface area contributed by atoms with Gasteiger partial charge in [0.2, 0.25) is 5.91 Å². The Morgan fingerprint density at radius 2 is 2.22 bits per heavy atom. The third kappa shape index (κ3) is 4.14. The van der Waals surface area contributed by atoms with Gasteiger partial charge in [0.15, 0.2) is 0 Å². The van der Waals surface area contributed by atoms with Gasteiger partial charge in [-0.1, -0.05) is 19.1 Å². The Labute approximate surface area is 107 Å². The van der Waals surface area contributed by atoms with E-state index in [9.17, 15) is 14.7 Å². The standard InChI is InChI=1S/C13H21NO4/c1-13(12(17)14-9-11(16)18-2)7-4-3-5-10(15)6-8-13/h3,5,10,15H,4,6-9H2,1-2H3,(H,14,17)/b5-3+/t10-,13+/m0/s1. The first-order chi connectivity index (χ1) is 8.48. The van der Waals surface area contributed by atoms with Crippen LogP contribution in [0.3, 0.4) is 0 Å². The first-order valence-electron chi connectivity index (χ1n) is 6.18. The van der Waals surface area contributed by atoms with Crippen LogP contribution in [0.2, 0.25) is 0 Å². The van der Waals surface area contributed by atoms with Crippen LogP contribution in [-0.2, 0) is 14.3 Å². The second-order valence-corrected chi connectivity index (χ2v) is 4.89. The minimum atomic E-state index is -0.542. The van der Waals surface area contributed by atoms with E-state index >= 15 is 0 Å². The number of nitrogens with one attached hydrogen (secondary N) is 1. The molecule has 5 heteroatoms. The first-order valence-corrected chi connectivity index (χ1v) is 6.18. The second-order valence-electron chi connectivity index (χ2n) is 4.89. The third-order valence-electron chi connectivity index (χ3n) is 3.38. The van der Waals surface area contributed by atoms with Gasteiger partial charge in [-0.05, 0) is 25.7 Å². The molecule has 0 aliphatic heterocycles. The van der Waals surface area contributed by atoms with E-state index in [1.165, 1.54) is 7.11 Å². The minimum Gasteiger partial charge on any atom is -0.468 e. The maximum Gasteiger partial charge on any atom is 0.325 e. The van der Waals surface area contributed by atoms with Crippen LogP contribution in [0.15, 0.2) is 12.2 Å². The number of hydrogen-bond acceptors (Lipinski definition) is 4. The number of aliphatic hydroxyl groups is 1. The molecule has 0 heterocycles. The highest BCUT2D eigenvalue weighted by atomic mass is 16.5. The van der Waals surface area contributed by atoms with Gasteiger partial charge in [-0.25, -0.2) is 0 Å². The summed E-state index contributed by atoms with van der Waals surface area (Å²) in [6.07, 6.45) is 5.80. The number of ether oxygens (including phenoxy) is 1. The Hall–Kier alpha value is -1.36. The molecule has 0 aromatic carbocycles. The molecule has 1 rings (SSSR count). The zero-order valence-electron chi connectivity index (χ0n) is 10.9. The molecule has 102 valence electrons. The van der Waals surface area contributed by atoms with Gasteiger partial charge in [0.25, 0.3) is 0 Å². The van der Waals surface area contributed by atoms with Crippen LogP contribution < -0.4 is 5.32 Å². The van der Waals surface area contributed by atoms with E-state index in [0.29, 0.717) is 19.3 Å². The van der Waals surface area contributed by atoms with Crippen molar-refractivity contribution in [3.63, 3.8) is 0 Å². The summed E-state index contributed by atoms with van der Waals surface area (Å²) in [5, 5.41) is 12.2. The fourth-order valence-corrected chi connectivity index (χ4v) is 2.01. The van der Waals surface area contributed by atoms with Crippen LogP contribution in [0.1, 0.15) is 32.6 Å². The number of aliphatic hydroxyl groups excluding tert-OH is 1. The smallest absolute Gasteiger partial charge is 0.325 e. The van der Waals surface area contributed by atoms with Crippen LogP contribution in [0.25, 0.3) is 0 Å². The van der Waals surface area contributed by atoms with Gasteiger partial charge in [0.1, 0.15) is 6.54 Å². The lowest BCUT2D eigenvalue weighted by atomic mass is 9.78. The molecule has 1 aliphatic carbocycles. The molecule has 18 heavy (non-hydrogen) atoms. The molecule has 0 radical (unpaired) electrons. The summed E-state index contributed by atoms with van der Waals surface area (Å²) in [6, 6.07) is 0. The monoisotopic (exact) mass is 255 g/mol. The zero-order chi connectivity index (χ0) is 13.6. The molecule has 0 spiro atoms. The van der Waals surface area contributed by atoms with Crippen LogP contribution in [0.4, 0.5) is 0 Å². The molecule has 0 fully saturated rings. The molecule has 0 aromatic heterocycles. The summed E-state index contributed by atoms with van der Waals surface area (Å²) in [4.78, 5) is 23.1. The van der Waals surface area contributed by atoms with Crippen molar-refractivity contribution in [2.75, 3.05) is 13.7 Å². The van der Waals surface area contributed by atoms with E-state index in [4.69, 9.17) is 0 Å². The lowest BCUT2D eigenvalue weighted by Gasteiger charge is -2.29. The SMILES string of the molecule is COC(=O)CNC(=O)[C@]1(C)CC/C=C/[C@H](O)CC1. The fourth-order valence-electron chi connectivity index (χ4n) is 2.01. The average molecular weight is 255 g/mol. The predicted molar refractivity (Wildman–Crippen MR) is 66.7 cm³/mol. The van der Waals surface area contributed by atoms with E-state index in [1.807, 2.05) is 13.0 Å². The molecule has 2 N–H and O–H groups in total. The van der Waals surface area contributed by atoms with Gasteiger partial charge >= 0.3 is 5.97 Å². The maximum atomic E-state index is 12.1. The largest absolute Gasteiger partial charge is 0.468 e. The van der Waals surface area contributed by atoms with Gasteiger partial charge in [-0.3, -0.25) is 9.59 Å². The Morgan fingerprint density at radius 3 is 2.89 bits per heavy atom. The van der Waals surface area contributed by atoms with Gasteiger partial charge in [-0.2, -0.15) is 0 Å². The van der Waals surface area contributed by atoms with Crippen molar-refractivity contribution in [3.8, 4) is 0 Å². The zero-order valence-corrected chi connectivity index (χ0v) is 10.9. The van der Waals surface area contributed by atoms with Crippen molar-refractivity contribution in [2.24, 2.45) is 5.41 Å². The Bertz CT molecular complexity index is 340. The first kappa shape index (κ1) is 14.7. The van der Waals surface area contributed by atoms with Crippen molar-refractivity contribution >= 4 is 11.9 Å². The van der Waals surface area contributed by atoms with Gasteiger partial charge in [-0.15, -0.1) is 0 Å². The molecule has 0 unspecified atom stereocenters. The molecule has 2 atom stereocenters. The molecule has 0 bridgehead atoms. The van der Waals surface area contributed by atoms with E-state index < -0.39 is 17.5 Å². The number of rotatable bonds is 3. The second kappa shape index (κ2) is 6.54. The number of carbonyl (C=O) groups excluding carboxylic acids is 2. The van der Waals surface area contributed by atoms with E-state index in [1.54, 1.807) is 6.08 Å². The predicted octanol–water partition coefficient (Wildman–Crippen LogP) is 0.773. The summed E-state index contributed by atoms with van der Waals surface area (Å²) < 4.78 is 4.48. The summed E-state index contributed by atoms with van der Waals surface area (Å²) >= 11 is 0. The molecular formula is C13H21NO4. The highest BCUT2D eigenvalue weighted by Gasteiger charge is 2.33. The van der Waals surface area contributed by atoms with Crippen molar-refractivity contribution in [3.05, 3.63) is 12.2 Å².